The van der Waals surface area contributed by atoms with Crippen LogP contribution >= 0.6 is 0 Å². The molecule has 42 heavy (non-hydrogen) atoms. The number of fused-ring (bicyclic) bond motifs is 1. The number of aromatic nitrogens is 6. The van der Waals surface area contributed by atoms with Gasteiger partial charge in [0.15, 0.2) is 0 Å². The number of benzene rings is 1. The number of imidazole rings is 1. The van der Waals surface area contributed by atoms with Crippen LogP contribution in [0, 0.1) is 0 Å². The van der Waals surface area contributed by atoms with Crippen molar-refractivity contribution in [1.82, 2.24) is 29.1 Å². The lowest BCUT2D eigenvalue weighted by molar-refractivity contribution is -0.137. The molecule has 4 N–H and O–H groups in total. The average Bonchev–Trinajstić information content (AvgIpc) is 3.56. The number of alkyl halides is 3. The fourth-order valence-corrected chi connectivity index (χ4v) is 4.87. The number of carbonyl (C=O) groups excluding carboxylic acids is 1. The number of rotatable bonds is 10. The molecule has 0 aliphatic rings. The average molecular weight is 579 g/mol. The maximum Gasteiger partial charge on any atom is 0.416 e. The molecule has 1 amide bonds. The zero-order valence-electron chi connectivity index (χ0n) is 22.8. The fourth-order valence-electron chi connectivity index (χ4n) is 4.87. The van der Waals surface area contributed by atoms with Gasteiger partial charge < -0.3 is 16.2 Å². The molecule has 5 aromatic rings. The number of amides is 1. The van der Waals surface area contributed by atoms with E-state index in [1.54, 1.807) is 42.9 Å². The number of halogens is 3. The summed E-state index contributed by atoms with van der Waals surface area (Å²) in [5.41, 5.74) is 9.40. The highest BCUT2D eigenvalue weighted by atomic mass is 19.4. The summed E-state index contributed by atoms with van der Waals surface area (Å²) < 4.78 is 42.8. The van der Waals surface area contributed by atoms with Crippen LogP contribution in [0.3, 0.4) is 0 Å². The molecule has 0 unspecified atom stereocenters. The minimum atomic E-state index is -4.55. The number of carbonyl (C=O) groups is 1. The summed E-state index contributed by atoms with van der Waals surface area (Å²) in [6.45, 7) is 2.71. The third kappa shape index (κ3) is 5.96. The quantitative estimate of drug-likeness (QED) is 0.200. The van der Waals surface area contributed by atoms with E-state index in [4.69, 9.17) is 10.7 Å². The van der Waals surface area contributed by atoms with Crippen molar-refractivity contribution >= 4 is 23.1 Å². The predicted molar refractivity (Wildman–Crippen MR) is 150 cm³/mol. The third-order valence-electron chi connectivity index (χ3n) is 6.97. The van der Waals surface area contributed by atoms with Crippen LogP contribution in [0.25, 0.3) is 16.8 Å². The standard InChI is InChI=1S/C29H29F3N8O2/c1-2-40-22(20(17-41)16-36-40)5-3-4-6-24-38-25(26-27(33)35-13-14-39(24)26)18-7-9-19(10-8-18)28(42)37-23-15-21(11-12-34-23)29(30,31)32/h7-16,41H,2-6,17H2,1H3,(H2,33,35)(H,34,37,42). The molecule has 4 aromatic heterocycles. The number of pyridine rings is 1. The lowest BCUT2D eigenvalue weighted by atomic mass is 10.1. The van der Waals surface area contributed by atoms with Crippen molar-refractivity contribution in [2.45, 2.75) is 51.9 Å². The zero-order valence-corrected chi connectivity index (χ0v) is 22.8. The van der Waals surface area contributed by atoms with Crippen LogP contribution in [0.4, 0.5) is 24.8 Å². The Morgan fingerprint density at radius 2 is 1.83 bits per heavy atom. The SMILES string of the molecule is CCn1ncc(CO)c1CCCCc1nc(-c2ccc(C(=O)Nc3cc(C(F)(F)F)ccn3)cc2)c2c(N)nccn12. The van der Waals surface area contributed by atoms with Gasteiger partial charge in [0.1, 0.15) is 28.7 Å². The zero-order chi connectivity index (χ0) is 29.9. The van der Waals surface area contributed by atoms with Crippen LogP contribution < -0.4 is 11.1 Å². The van der Waals surface area contributed by atoms with Crippen LogP contribution in [-0.4, -0.2) is 40.1 Å². The van der Waals surface area contributed by atoms with Gasteiger partial charge in [0.2, 0.25) is 0 Å². The fraction of sp³-hybridized carbons (Fsp3) is 0.276. The van der Waals surface area contributed by atoms with Crippen LogP contribution in [0.5, 0.6) is 0 Å². The summed E-state index contributed by atoms with van der Waals surface area (Å²) in [4.78, 5) is 25.6. The van der Waals surface area contributed by atoms with E-state index in [-0.39, 0.29) is 18.0 Å². The second kappa shape index (κ2) is 12.0. The molecule has 0 aliphatic carbocycles. The Balaban J connectivity index is 1.32. The normalized spacial score (nSPS) is 11.7. The molecule has 0 saturated heterocycles. The van der Waals surface area contributed by atoms with E-state index < -0.39 is 17.6 Å². The Morgan fingerprint density at radius 1 is 1.07 bits per heavy atom. The molecule has 0 aliphatic heterocycles. The van der Waals surface area contributed by atoms with Gasteiger partial charge in [0.05, 0.1) is 18.4 Å². The lowest BCUT2D eigenvalue weighted by Crippen LogP contribution is -2.14. The molecule has 0 spiro atoms. The van der Waals surface area contributed by atoms with Gasteiger partial charge in [0.25, 0.3) is 5.91 Å². The van der Waals surface area contributed by atoms with E-state index >= 15 is 0 Å². The first-order valence-corrected chi connectivity index (χ1v) is 13.4. The maximum absolute atomic E-state index is 13.0. The number of aliphatic hydroxyl groups excluding tert-OH is 1. The summed E-state index contributed by atoms with van der Waals surface area (Å²) in [5.74, 6) is 0.314. The van der Waals surface area contributed by atoms with Crippen molar-refractivity contribution < 1.29 is 23.1 Å². The Labute approximate surface area is 239 Å². The minimum absolute atomic E-state index is 0.0432. The Kier molecular flexibility index (Phi) is 8.20. The number of anilines is 2. The lowest BCUT2D eigenvalue weighted by Gasteiger charge is -2.09. The first-order chi connectivity index (χ1) is 20.2. The number of unbranched alkanes of at least 4 members (excludes halogenated alkanes) is 1. The summed E-state index contributed by atoms with van der Waals surface area (Å²) in [5, 5.41) is 16.4. The smallest absolute Gasteiger partial charge is 0.392 e. The number of aryl methyl sites for hydroxylation is 2. The highest BCUT2D eigenvalue weighted by Crippen LogP contribution is 2.31. The van der Waals surface area contributed by atoms with Crippen molar-refractivity contribution in [2.24, 2.45) is 0 Å². The van der Waals surface area contributed by atoms with Crippen molar-refractivity contribution in [3.8, 4) is 11.3 Å². The van der Waals surface area contributed by atoms with Gasteiger partial charge in [-0.2, -0.15) is 18.3 Å². The molecule has 0 radical (unpaired) electrons. The maximum atomic E-state index is 13.0. The van der Waals surface area contributed by atoms with E-state index in [1.807, 2.05) is 16.0 Å². The van der Waals surface area contributed by atoms with E-state index in [9.17, 15) is 23.1 Å². The summed E-state index contributed by atoms with van der Waals surface area (Å²) in [6, 6.07) is 8.15. The molecule has 0 bridgehead atoms. The number of hydrogen-bond acceptors (Lipinski definition) is 7. The molecule has 0 fully saturated rings. The highest BCUT2D eigenvalue weighted by molar-refractivity contribution is 6.04. The molecular formula is C29H29F3N8O2. The molecule has 5 rings (SSSR count). The largest absolute Gasteiger partial charge is 0.416 e. The monoisotopic (exact) mass is 578 g/mol. The summed E-state index contributed by atoms with van der Waals surface area (Å²) >= 11 is 0. The molecule has 218 valence electrons. The molecule has 13 heteroatoms. The van der Waals surface area contributed by atoms with Gasteiger partial charge in [-0.25, -0.2) is 15.0 Å². The first-order valence-electron chi connectivity index (χ1n) is 13.4. The predicted octanol–water partition coefficient (Wildman–Crippen LogP) is 4.92. The molecule has 4 heterocycles. The van der Waals surface area contributed by atoms with Crippen molar-refractivity contribution in [1.29, 1.82) is 0 Å². The van der Waals surface area contributed by atoms with Gasteiger partial charge in [-0.15, -0.1) is 0 Å². The van der Waals surface area contributed by atoms with Crippen molar-refractivity contribution in [3.05, 3.63) is 89.4 Å². The topological polar surface area (TPSA) is 136 Å². The van der Waals surface area contributed by atoms with Gasteiger partial charge in [0, 0.05) is 53.9 Å². The Morgan fingerprint density at radius 3 is 2.55 bits per heavy atom. The number of nitrogens with zero attached hydrogens (tertiary/aromatic N) is 6. The number of nitrogens with one attached hydrogen (secondary N) is 1. The second-order valence-electron chi connectivity index (χ2n) is 9.66. The van der Waals surface area contributed by atoms with E-state index in [0.717, 1.165) is 61.2 Å². The Hall–Kier alpha value is -4.78. The molecule has 0 saturated carbocycles. The van der Waals surface area contributed by atoms with Crippen LogP contribution in [0.2, 0.25) is 0 Å². The van der Waals surface area contributed by atoms with Crippen molar-refractivity contribution in [2.75, 3.05) is 11.1 Å². The van der Waals surface area contributed by atoms with Crippen molar-refractivity contribution in [3.63, 3.8) is 0 Å². The molecule has 1 aromatic carbocycles. The van der Waals surface area contributed by atoms with Gasteiger partial charge in [-0.3, -0.25) is 13.9 Å². The molecular weight excluding hydrogens is 549 g/mol. The highest BCUT2D eigenvalue weighted by Gasteiger charge is 2.31. The second-order valence-corrected chi connectivity index (χ2v) is 9.66. The van der Waals surface area contributed by atoms with Gasteiger partial charge >= 0.3 is 6.18 Å². The number of nitrogens with two attached hydrogens (primary N) is 1. The molecule has 0 atom stereocenters. The third-order valence-corrected chi connectivity index (χ3v) is 6.97. The van der Waals surface area contributed by atoms with E-state index in [1.165, 1.54) is 0 Å². The van der Waals surface area contributed by atoms with Gasteiger partial charge in [-0.05, 0) is 50.5 Å². The summed E-state index contributed by atoms with van der Waals surface area (Å²) in [6.07, 6.45) is 4.73. The minimum Gasteiger partial charge on any atom is -0.392 e. The number of nitrogen functional groups attached to an aromatic ring is 1. The van der Waals surface area contributed by atoms with Crippen LogP contribution in [0.1, 0.15) is 52.8 Å². The van der Waals surface area contributed by atoms with Crippen LogP contribution in [0.15, 0.2) is 61.2 Å². The summed E-state index contributed by atoms with van der Waals surface area (Å²) in [7, 11) is 0. The van der Waals surface area contributed by atoms with Gasteiger partial charge in [-0.1, -0.05) is 12.1 Å². The van der Waals surface area contributed by atoms with E-state index in [2.05, 4.69) is 20.4 Å². The Bertz CT molecular complexity index is 1690. The first kappa shape index (κ1) is 28.7. The number of hydrogen-bond donors (Lipinski definition) is 3. The number of aliphatic hydroxyl groups is 1. The van der Waals surface area contributed by atoms with E-state index in [0.29, 0.717) is 29.0 Å². The van der Waals surface area contributed by atoms with Crippen LogP contribution in [-0.2, 0) is 32.2 Å². The molecule has 10 nitrogen and oxygen atoms in total.